The van der Waals surface area contributed by atoms with Crippen LogP contribution in [-0.2, 0) is 4.79 Å². The van der Waals surface area contributed by atoms with Crippen molar-refractivity contribution >= 4 is 23.2 Å². The number of aromatic nitrogens is 3. The minimum absolute atomic E-state index is 0.0199. The molecule has 1 aliphatic rings. The molecule has 0 fully saturated rings. The Balaban J connectivity index is 1.75. The number of allylic oxidation sites excluding steroid dienone is 1. The number of carbonyl (C=O) groups excluding carboxylic acids is 1. The van der Waals surface area contributed by atoms with Gasteiger partial charge in [-0.1, -0.05) is 17.7 Å². The second-order valence-corrected chi connectivity index (χ2v) is 7.22. The van der Waals surface area contributed by atoms with Gasteiger partial charge in [-0.05, 0) is 50.1 Å². The molecule has 2 N–H and O–H groups in total. The number of benzene rings is 2. The Kier molecular flexibility index (Phi) is 4.78. The van der Waals surface area contributed by atoms with Crippen LogP contribution < -0.4 is 10.6 Å². The molecule has 0 saturated heterocycles. The van der Waals surface area contributed by atoms with Crippen LogP contribution in [0.3, 0.4) is 0 Å². The van der Waals surface area contributed by atoms with Gasteiger partial charge in [0.2, 0.25) is 5.95 Å². The van der Waals surface area contributed by atoms with E-state index in [0.29, 0.717) is 22.8 Å². The zero-order valence-electron chi connectivity index (χ0n) is 16.7. The number of hydrogen-bond donors (Lipinski definition) is 2. The van der Waals surface area contributed by atoms with Crippen molar-refractivity contribution < 1.29 is 9.72 Å². The van der Waals surface area contributed by atoms with Crippen molar-refractivity contribution in [2.24, 2.45) is 0 Å². The molecule has 9 heteroatoms. The number of nitro groups is 1. The van der Waals surface area contributed by atoms with Crippen LogP contribution >= 0.6 is 0 Å². The molecule has 1 atom stereocenters. The normalized spacial score (nSPS) is 15.4. The number of amides is 1. The number of hydrogen-bond acceptors (Lipinski definition) is 6. The van der Waals surface area contributed by atoms with Gasteiger partial charge in [0.15, 0.2) is 0 Å². The summed E-state index contributed by atoms with van der Waals surface area (Å²) in [6, 6.07) is 11.3. The van der Waals surface area contributed by atoms with Gasteiger partial charge < -0.3 is 10.6 Å². The van der Waals surface area contributed by atoms with Gasteiger partial charge in [-0.25, -0.2) is 4.68 Å². The van der Waals surface area contributed by atoms with Crippen LogP contribution in [0.25, 0.3) is 0 Å². The molecule has 0 saturated carbocycles. The average Bonchev–Trinajstić information content (AvgIpc) is 3.17. The Bertz CT molecular complexity index is 1180. The number of fused-ring (bicyclic) bond motifs is 1. The fourth-order valence-electron chi connectivity index (χ4n) is 3.62. The molecule has 1 aliphatic heterocycles. The smallest absolute Gasteiger partial charge is 0.269 e. The van der Waals surface area contributed by atoms with Crippen LogP contribution in [0.5, 0.6) is 0 Å². The lowest BCUT2D eigenvalue weighted by Crippen LogP contribution is -2.31. The first-order valence-corrected chi connectivity index (χ1v) is 9.35. The molecule has 0 unspecified atom stereocenters. The van der Waals surface area contributed by atoms with Crippen LogP contribution in [0.4, 0.5) is 17.3 Å². The molecular weight excluding hydrogens is 384 g/mol. The molecule has 1 amide bonds. The van der Waals surface area contributed by atoms with Gasteiger partial charge in [-0.3, -0.25) is 14.9 Å². The van der Waals surface area contributed by atoms with Gasteiger partial charge in [-0.15, -0.1) is 0 Å². The van der Waals surface area contributed by atoms with Crippen LogP contribution in [0, 0.1) is 24.0 Å². The lowest BCUT2D eigenvalue weighted by Gasteiger charge is -2.28. The largest absolute Gasteiger partial charge is 0.328 e. The Labute approximate surface area is 172 Å². The summed E-state index contributed by atoms with van der Waals surface area (Å²) in [5, 5.41) is 21.4. The molecule has 152 valence electrons. The maximum Gasteiger partial charge on any atom is 0.269 e. The Morgan fingerprint density at radius 3 is 2.57 bits per heavy atom. The van der Waals surface area contributed by atoms with Crippen molar-refractivity contribution in [1.29, 1.82) is 0 Å². The standard InChI is InChI=1S/C21H20N6O3/c1-12-4-9-17(13(2)10-12)25-20(28)18-14(3)24-21-22-11-23-26(21)19(18)15-5-7-16(8-6-15)27(29)30/h4-11,19H,1-3H3,(H,25,28)(H,22,23,24)/t19-/m1/s1. The number of rotatable bonds is 4. The Hall–Kier alpha value is -4.01. The molecule has 30 heavy (non-hydrogen) atoms. The number of aryl methyl sites for hydroxylation is 2. The third kappa shape index (κ3) is 3.41. The SMILES string of the molecule is CC1=C(C(=O)Nc2ccc(C)cc2C)[C@@H](c2ccc([N+](=O)[O-])cc2)n2ncnc2N1. The highest BCUT2D eigenvalue weighted by molar-refractivity contribution is 6.06. The number of nitro benzene ring substituents is 1. The van der Waals surface area contributed by atoms with Crippen molar-refractivity contribution in [3.8, 4) is 0 Å². The maximum absolute atomic E-state index is 13.3. The Morgan fingerprint density at radius 2 is 1.90 bits per heavy atom. The molecule has 0 bridgehead atoms. The molecule has 9 nitrogen and oxygen atoms in total. The minimum Gasteiger partial charge on any atom is -0.328 e. The first-order chi connectivity index (χ1) is 14.3. The summed E-state index contributed by atoms with van der Waals surface area (Å²) < 4.78 is 1.60. The second-order valence-electron chi connectivity index (χ2n) is 7.22. The maximum atomic E-state index is 13.3. The van der Waals surface area contributed by atoms with Crippen LogP contribution in [0.1, 0.15) is 29.7 Å². The van der Waals surface area contributed by atoms with Crippen molar-refractivity contribution in [2.75, 3.05) is 10.6 Å². The fraction of sp³-hybridized carbons (Fsp3) is 0.190. The zero-order chi connectivity index (χ0) is 21.4. The molecular formula is C21H20N6O3. The number of nitrogens with one attached hydrogen (secondary N) is 2. The number of carbonyl (C=O) groups is 1. The first-order valence-electron chi connectivity index (χ1n) is 9.35. The van der Waals surface area contributed by atoms with E-state index in [2.05, 4.69) is 20.7 Å². The van der Waals surface area contributed by atoms with Gasteiger partial charge in [-0.2, -0.15) is 10.1 Å². The van der Waals surface area contributed by atoms with Gasteiger partial charge in [0.25, 0.3) is 11.6 Å². The molecule has 2 aromatic carbocycles. The monoisotopic (exact) mass is 404 g/mol. The lowest BCUT2D eigenvalue weighted by molar-refractivity contribution is -0.384. The van der Waals surface area contributed by atoms with Gasteiger partial charge in [0.1, 0.15) is 12.4 Å². The van der Waals surface area contributed by atoms with E-state index in [4.69, 9.17) is 0 Å². The van der Waals surface area contributed by atoms with Crippen molar-refractivity contribution in [3.63, 3.8) is 0 Å². The van der Waals surface area contributed by atoms with Crippen LogP contribution in [0.2, 0.25) is 0 Å². The molecule has 0 aliphatic carbocycles. The van der Waals surface area contributed by atoms with Crippen molar-refractivity contribution in [2.45, 2.75) is 26.8 Å². The molecule has 4 rings (SSSR count). The Morgan fingerprint density at radius 1 is 1.17 bits per heavy atom. The lowest BCUT2D eigenvalue weighted by atomic mass is 9.94. The van der Waals surface area contributed by atoms with Crippen LogP contribution in [-0.4, -0.2) is 25.6 Å². The summed E-state index contributed by atoms with van der Waals surface area (Å²) in [6.07, 6.45) is 1.40. The summed E-state index contributed by atoms with van der Waals surface area (Å²) in [5.74, 6) is 0.218. The number of non-ortho nitro benzene ring substituents is 1. The third-order valence-corrected chi connectivity index (χ3v) is 5.09. The first kappa shape index (κ1) is 19.3. The predicted molar refractivity (Wildman–Crippen MR) is 112 cm³/mol. The third-order valence-electron chi connectivity index (χ3n) is 5.09. The van der Waals surface area contributed by atoms with E-state index < -0.39 is 11.0 Å². The van der Waals surface area contributed by atoms with E-state index in [-0.39, 0.29) is 11.6 Å². The van der Waals surface area contributed by atoms with Gasteiger partial charge >= 0.3 is 0 Å². The van der Waals surface area contributed by atoms with E-state index in [1.807, 2.05) is 32.0 Å². The molecule has 2 heterocycles. The minimum atomic E-state index is -0.574. The molecule has 0 radical (unpaired) electrons. The summed E-state index contributed by atoms with van der Waals surface area (Å²) in [5.41, 5.74) is 4.56. The predicted octanol–water partition coefficient (Wildman–Crippen LogP) is 3.73. The van der Waals surface area contributed by atoms with E-state index in [1.165, 1.54) is 18.5 Å². The van der Waals surface area contributed by atoms with E-state index in [9.17, 15) is 14.9 Å². The number of anilines is 2. The second kappa shape index (κ2) is 7.43. The average molecular weight is 404 g/mol. The highest BCUT2D eigenvalue weighted by atomic mass is 16.6. The summed E-state index contributed by atoms with van der Waals surface area (Å²) >= 11 is 0. The van der Waals surface area contributed by atoms with Crippen molar-refractivity contribution in [3.05, 3.63) is 86.9 Å². The fourth-order valence-corrected chi connectivity index (χ4v) is 3.62. The number of nitrogens with zero attached hydrogens (tertiary/aromatic N) is 4. The zero-order valence-corrected chi connectivity index (χ0v) is 16.7. The van der Waals surface area contributed by atoms with Crippen LogP contribution in [0.15, 0.2) is 60.1 Å². The quantitative estimate of drug-likeness (QED) is 0.506. The molecule has 0 spiro atoms. The highest BCUT2D eigenvalue weighted by Crippen LogP contribution is 2.36. The summed E-state index contributed by atoms with van der Waals surface area (Å²) in [4.78, 5) is 28.1. The highest BCUT2D eigenvalue weighted by Gasteiger charge is 2.33. The summed E-state index contributed by atoms with van der Waals surface area (Å²) in [6.45, 7) is 5.73. The van der Waals surface area contributed by atoms with Gasteiger partial charge in [0, 0.05) is 23.5 Å². The van der Waals surface area contributed by atoms with Crippen molar-refractivity contribution in [1.82, 2.24) is 14.8 Å². The van der Waals surface area contributed by atoms with E-state index in [1.54, 1.807) is 23.7 Å². The van der Waals surface area contributed by atoms with E-state index >= 15 is 0 Å². The molecule has 3 aromatic rings. The van der Waals surface area contributed by atoms with E-state index in [0.717, 1.165) is 16.8 Å². The van der Waals surface area contributed by atoms with Gasteiger partial charge in [0.05, 0.1) is 10.5 Å². The summed E-state index contributed by atoms with van der Waals surface area (Å²) in [7, 11) is 0. The molecule has 1 aromatic heterocycles. The topological polar surface area (TPSA) is 115 Å².